The van der Waals surface area contributed by atoms with Crippen LogP contribution in [0.3, 0.4) is 0 Å². The van der Waals surface area contributed by atoms with Crippen LogP contribution < -0.4 is 14.2 Å². The molecule has 6 heteroatoms. The number of carbonyl (C=O) groups is 2. The Morgan fingerprint density at radius 2 is 1.67 bits per heavy atom. The van der Waals surface area contributed by atoms with Crippen molar-refractivity contribution in [3.05, 3.63) is 53.6 Å². The summed E-state index contributed by atoms with van der Waals surface area (Å²) < 4.78 is 15.8. The highest BCUT2D eigenvalue weighted by molar-refractivity contribution is 5.96. The maximum atomic E-state index is 13.1. The number of ketones is 1. The van der Waals surface area contributed by atoms with Crippen molar-refractivity contribution < 1.29 is 23.8 Å². The van der Waals surface area contributed by atoms with Gasteiger partial charge in [-0.1, -0.05) is 6.07 Å². The molecular weight excluding hydrogens is 382 g/mol. The van der Waals surface area contributed by atoms with Gasteiger partial charge in [-0.05, 0) is 61.2 Å². The molecule has 2 aromatic carbocycles. The number of Topliss-reactive ketones (excluding diaryl/α,β-unsaturated/α-hetero) is 1. The zero-order valence-electron chi connectivity index (χ0n) is 17.8. The van der Waals surface area contributed by atoms with Crippen molar-refractivity contribution in [2.75, 3.05) is 27.9 Å². The van der Waals surface area contributed by atoms with Crippen molar-refractivity contribution in [1.82, 2.24) is 4.90 Å². The Morgan fingerprint density at radius 3 is 2.33 bits per heavy atom. The Hall–Kier alpha value is -3.02. The summed E-state index contributed by atoms with van der Waals surface area (Å²) in [5, 5.41) is 0. The lowest BCUT2D eigenvalue weighted by Crippen LogP contribution is -2.45. The van der Waals surface area contributed by atoms with Crippen molar-refractivity contribution in [1.29, 1.82) is 0 Å². The number of likely N-dealkylation sites (tertiary alicyclic amines) is 1. The quantitative estimate of drug-likeness (QED) is 0.616. The van der Waals surface area contributed by atoms with E-state index >= 15 is 0 Å². The number of rotatable bonds is 8. The van der Waals surface area contributed by atoms with Crippen LogP contribution in [0.25, 0.3) is 0 Å². The van der Waals surface area contributed by atoms with Gasteiger partial charge < -0.3 is 19.1 Å². The lowest BCUT2D eigenvalue weighted by molar-refractivity contribution is -0.134. The van der Waals surface area contributed by atoms with Gasteiger partial charge in [0, 0.05) is 24.6 Å². The monoisotopic (exact) mass is 411 g/mol. The van der Waals surface area contributed by atoms with Crippen LogP contribution in [0.1, 0.15) is 41.6 Å². The van der Waals surface area contributed by atoms with Gasteiger partial charge in [-0.2, -0.15) is 0 Å². The predicted molar refractivity (Wildman–Crippen MR) is 115 cm³/mol. The van der Waals surface area contributed by atoms with Crippen LogP contribution in [0.5, 0.6) is 17.2 Å². The minimum atomic E-state index is -0.0685. The summed E-state index contributed by atoms with van der Waals surface area (Å²) in [5.74, 6) is 2.04. The van der Waals surface area contributed by atoms with E-state index in [0.717, 1.165) is 30.6 Å². The molecule has 1 heterocycles. The van der Waals surface area contributed by atoms with Crippen molar-refractivity contribution >= 4 is 11.7 Å². The second-order valence-electron chi connectivity index (χ2n) is 7.46. The second kappa shape index (κ2) is 10.1. The molecule has 0 saturated carbocycles. The van der Waals surface area contributed by atoms with Gasteiger partial charge in [-0.25, -0.2) is 0 Å². The Morgan fingerprint density at radius 1 is 0.933 bits per heavy atom. The highest BCUT2D eigenvalue weighted by atomic mass is 16.5. The average Bonchev–Trinajstić information content (AvgIpc) is 2.79. The minimum Gasteiger partial charge on any atom is -0.497 e. The maximum absolute atomic E-state index is 13.1. The van der Waals surface area contributed by atoms with Crippen molar-refractivity contribution in [3.8, 4) is 17.2 Å². The molecule has 1 amide bonds. The topological polar surface area (TPSA) is 65.1 Å². The standard InChI is InChI=1S/C24H29NO5/c1-28-20-10-8-18(9-11-20)21(26)16-19-6-4-5-13-25(19)24(27)15-17-7-12-22(29-2)23(14-17)30-3/h7-12,14,19H,4-6,13,15-16H2,1-3H3/t19-/m1/s1. The summed E-state index contributed by atoms with van der Waals surface area (Å²) in [6.07, 6.45) is 3.45. The fourth-order valence-corrected chi connectivity index (χ4v) is 3.92. The number of piperidine rings is 1. The first-order valence-corrected chi connectivity index (χ1v) is 10.2. The molecule has 1 aliphatic rings. The Kier molecular flexibility index (Phi) is 7.33. The van der Waals surface area contributed by atoms with E-state index in [9.17, 15) is 9.59 Å². The first kappa shape index (κ1) is 21.7. The molecule has 0 aromatic heterocycles. The number of amides is 1. The molecule has 30 heavy (non-hydrogen) atoms. The largest absolute Gasteiger partial charge is 0.497 e. The number of benzene rings is 2. The molecule has 1 fully saturated rings. The third kappa shape index (κ3) is 5.12. The molecule has 1 saturated heterocycles. The Bertz CT molecular complexity index is 878. The summed E-state index contributed by atoms with van der Waals surface area (Å²) in [6, 6.07) is 12.6. The number of methoxy groups -OCH3 is 3. The van der Waals surface area contributed by atoms with Crippen LogP contribution in [0.4, 0.5) is 0 Å². The highest BCUT2D eigenvalue weighted by Gasteiger charge is 2.29. The van der Waals surface area contributed by atoms with Crippen LogP contribution in [0, 0.1) is 0 Å². The normalized spacial score (nSPS) is 16.1. The summed E-state index contributed by atoms with van der Waals surface area (Å²) >= 11 is 0. The molecule has 1 aliphatic heterocycles. The van der Waals surface area contributed by atoms with E-state index in [1.165, 1.54) is 0 Å². The molecule has 0 aliphatic carbocycles. The average molecular weight is 411 g/mol. The molecule has 160 valence electrons. The van der Waals surface area contributed by atoms with Gasteiger partial charge in [-0.15, -0.1) is 0 Å². The van der Waals surface area contributed by atoms with Crippen molar-refractivity contribution in [2.45, 2.75) is 38.1 Å². The van der Waals surface area contributed by atoms with Crippen LogP contribution in [0.2, 0.25) is 0 Å². The molecule has 0 radical (unpaired) electrons. The fraction of sp³-hybridized carbons (Fsp3) is 0.417. The van der Waals surface area contributed by atoms with Gasteiger partial charge in [0.1, 0.15) is 5.75 Å². The predicted octanol–water partition coefficient (Wildman–Crippen LogP) is 3.91. The van der Waals surface area contributed by atoms with Crippen LogP contribution in [-0.2, 0) is 11.2 Å². The third-order valence-electron chi connectivity index (χ3n) is 5.58. The number of nitrogens with zero attached hydrogens (tertiary/aromatic N) is 1. The zero-order valence-corrected chi connectivity index (χ0v) is 17.8. The van der Waals surface area contributed by atoms with E-state index in [0.29, 0.717) is 30.0 Å². The third-order valence-corrected chi connectivity index (χ3v) is 5.58. The van der Waals surface area contributed by atoms with Gasteiger partial charge in [0.2, 0.25) is 5.91 Å². The lowest BCUT2D eigenvalue weighted by Gasteiger charge is -2.35. The smallest absolute Gasteiger partial charge is 0.227 e. The molecule has 0 bridgehead atoms. The highest BCUT2D eigenvalue weighted by Crippen LogP contribution is 2.29. The summed E-state index contributed by atoms with van der Waals surface area (Å²) in [5.41, 5.74) is 1.51. The van der Waals surface area contributed by atoms with Gasteiger partial charge >= 0.3 is 0 Å². The van der Waals surface area contributed by atoms with E-state index in [1.54, 1.807) is 45.6 Å². The van der Waals surface area contributed by atoms with Crippen LogP contribution in [0.15, 0.2) is 42.5 Å². The van der Waals surface area contributed by atoms with Crippen LogP contribution in [-0.4, -0.2) is 50.5 Å². The van der Waals surface area contributed by atoms with Crippen molar-refractivity contribution in [2.24, 2.45) is 0 Å². The maximum Gasteiger partial charge on any atom is 0.227 e. The van der Waals surface area contributed by atoms with Gasteiger partial charge in [0.05, 0.1) is 27.8 Å². The zero-order chi connectivity index (χ0) is 21.5. The Balaban J connectivity index is 1.68. The first-order valence-electron chi connectivity index (χ1n) is 10.2. The molecule has 1 atom stereocenters. The van der Waals surface area contributed by atoms with E-state index < -0.39 is 0 Å². The fourth-order valence-electron chi connectivity index (χ4n) is 3.92. The van der Waals surface area contributed by atoms with Gasteiger partial charge in [0.25, 0.3) is 0 Å². The van der Waals surface area contributed by atoms with Gasteiger partial charge in [0.15, 0.2) is 17.3 Å². The van der Waals surface area contributed by atoms with Gasteiger partial charge in [-0.3, -0.25) is 9.59 Å². The van der Waals surface area contributed by atoms with Crippen LogP contribution >= 0.6 is 0 Å². The Labute approximate surface area is 177 Å². The number of ether oxygens (including phenoxy) is 3. The number of carbonyl (C=O) groups excluding carboxylic acids is 2. The molecule has 2 aromatic rings. The van der Waals surface area contributed by atoms with E-state index in [2.05, 4.69) is 0 Å². The molecule has 0 spiro atoms. The SMILES string of the molecule is COc1ccc(C(=O)C[C@H]2CCCCN2C(=O)Cc2ccc(OC)c(OC)c2)cc1. The molecular formula is C24H29NO5. The summed E-state index contributed by atoms with van der Waals surface area (Å²) in [4.78, 5) is 27.7. The lowest BCUT2D eigenvalue weighted by atomic mass is 9.94. The van der Waals surface area contributed by atoms with E-state index in [-0.39, 0.29) is 24.2 Å². The second-order valence-corrected chi connectivity index (χ2v) is 7.46. The summed E-state index contributed by atoms with van der Waals surface area (Å²) in [7, 11) is 4.76. The molecule has 0 unspecified atom stereocenters. The first-order chi connectivity index (χ1) is 14.5. The minimum absolute atomic E-state index is 0.0365. The number of hydrogen-bond donors (Lipinski definition) is 0. The van der Waals surface area contributed by atoms with E-state index in [4.69, 9.17) is 14.2 Å². The van der Waals surface area contributed by atoms with E-state index in [1.807, 2.05) is 23.1 Å². The molecule has 3 rings (SSSR count). The molecule has 0 N–H and O–H groups in total. The summed E-state index contributed by atoms with van der Waals surface area (Å²) in [6.45, 7) is 0.687. The number of hydrogen-bond acceptors (Lipinski definition) is 5. The molecule has 6 nitrogen and oxygen atoms in total. The van der Waals surface area contributed by atoms with Crippen molar-refractivity contribution in [3.63, 3.8) is 0 Å².